The first-order valence-electron chi connectivity index (χ1n) is 10.1. The second kappa shape index (κ2) is 6.46. The van der Waals surface area contributed by atoms with Gasteiger partial charge in [0.15, 0.2) is 12.0 Å². The maximum atomic E-state index is 13.9. The molecule has 6 nitrogen and oxygen atoms in total. The fourth-order valence-corrected chi connectivity index (χ4v) is 4.98. The van der Waals surface area contributed by atoms with Crippen LogP contribution in [0.3, 0.4) is 0 Å². The summed E-state index contributed by atoms with van der Waals surface area (Å²) in [7, 11) is 0. The minimum atomic E-state index is -0.0221. The molecular weight excluding hydrogens is 366 g/mol. The summed E-state index contributed by atoms with van der Waals surface area (Å²) in [4.78, 5) is 22.7. The van der Waals surface area contributed by atoms with E-state index in [1.165, 1.54) is 6.39 Å². The number of oxazole rings is 1. The van der Waals surface area contributed by atoms with Gasteiger partial charge in [-0.3, -0.25) is 4.79 Å². The number of para-hydroxylation sites is 1. The number of fused-ring (bicyclic) bond motifs is 5. The zero-order chi connectivity index (χ0) is 19.4. The first kappa shape index (κ1) is 16.8. The van der Waals surface area contributed by atoms with Crippen LogP contribution in [0, 0.1) is 5.92 Å². The first-order valence-corrected chi connectivity index (χ1v) is 10.1. The Morgan fingerprint density at radius 2 is 1.97 bits per heavy atom. The summed E-state index contributed by atoms with van der Waals surface area (Å²) in [5.41, 5.74) is 2.74. The van der Waals surface area contributed by atoms with Gasteiger partial charge in [0.2, 0.25) is 0 Å². The molecule has 0 saturated carbocycles. The highest BCUT2D eigenvalue weighted by Crippen LogP contribution is 2.36. The number of furan rings is 1. The van der Waals surface area contributed by atoms with E-state index in [0.717, 1.165) is 48.9 Å². The molecule has 3 aliphatic rings. The fraction of sp³-hybridized carbons (Fsp3) is 0.304. The van der Waals surface area contributed by atoms with E-state index in [-0.39, 0.29) is 11.9 Å². The van der Waals surface area contributed by atoms with Crippen LogP contribution in [0.5, 0.6) is 0 Å². The summed E-state index contributed by atoms with van der Waals surface area (Å²) in [6.07, 6.45) is 7.14. The Hall–Kier alpha value is -3.12. The number of nitrogens with zero attached hydrogens (tertiary/aromatic N) is 3. The zero-order valence-electron chi connectivity index (χ0n) is 16.0. The SMILES string of the molecule is O=C(c1cccc2ocnc12)N(c1ccc2cocc2c1)C1CN2CCC1CC2. The quantitative estimate of drug-likeness (QED) is 0.524. The summed E-state index contributed by atoms with van der Waals surface area (Å²) in [6.45, 7) is 3.17. The van der Waals surface area contributed by atoms with E-state index in [9.17, 15) is 4.79 Å². The number of amides is 1. The van der Waals surface area contributed by atoms with Crippen molar-refractivity contribution in [3.8, 4) is 0 Å². The van der Waals surface area contributed by atoms with Crippen LogP contribution in [0.2, 0.25) is 0 Å². The van der Waals surface area contributed by atoms with Crippen molar-refractivity contribution in [1.82, 2.24) is 9.88 Å². The lowest BCUT2D eigenvalue weighted by molar-refractivity contribution is 0.0735. The summed E-state index contributed by atoms with van der Waals surface area (Å²) in [5, 5.41) is 2.04. The normalized spacial score (nSPS) is 23.7. The summed E-state index contributed by atoms with van der Waals surface area (Å²) >= 11 is 0. The van der Waals surface area contributed by atoms with E-state index in [1.54, 1.807) is 12.5 Å². The number of rotatable bonds is 3. The molecule has 0 N–H and O–H groups in total. The molecule has 146 valence electrons. The number of benzene rings is 2. The van der Waals surface area contributed by atoms with E-state index < -0.39 is 0 Å². The molecule has 3 saturated heterocycles. The predicted octanol–water partition coefficient (Wildman–Crippen LogP) is 4.32. The molecule has 1 atom stereocenters. The second-order valence-corrected chi connectivity index (χ2v) is 8.07. The van der Waals surface area contributed by atoms with Gasteiger partial charge in [0.1, 0.15) is 5.52 Å². The number of hydrogen-bond donors (Lipinski definition) is 0. The zero-order valence-corrected chi connectivity index (χ0v) is 16.0. The minimum absolute atomic E-state index is 0.0221. The van der Waals surface area contributed by atoms with E-state index in [2.05, 4.69) is 16.0 Å². The number of carbonyl (C=O) groups is 1. The summed E-state index contributed by atoms with van der Waals surface area (Å²) in [6, 6.07) is 11.8. The van der Waals surface area contributed by atoms with E-state index in [1.807, 2.05) is 35.2 Å². The van der Waals surface area contributed by atoms with Gasteiger partial charge in [0, 0.05) is 23.0 Å². The molecule has 4 aromatic rings. The summed E-state index contributed by atoms with van der Waals surface area (Å²) < 4.78 is 10.8. The number of hydrogen-bond acceptors (Lipinski definition) is 5. The van der Waals surface area contributed by atoms with Gasteiger partial charge in [-0.2, -0.15) is 0 Å². The highest BCUT2D eigenvalue weighted by molar-refractivity contribution is 6.13. The third-order valence-electron chi connectivity index (χ3n) is 6.50. The van der Waals surface area contributed by atoms with Gasteiger partial charge in [-0.15, -0.1) is 0 Å². The van der Waals surface area contributed by atoms with Crippen molar-refractivity contribution in [1.29, 1.82) is 0 Å². The van der Waals surface area contributed by atoms with Crippen LogP contribution in [-0.2, 0) is 0 Å². The molecule has 3 aliphatic heterocycles. The van der Waals surface area contributed by atoms with Crippen LogP contribution < -0.4 is 4.90 Å². The monoisotopic (exact) mass is 387 g/mol. The Morgan fingerprint density at radius 1 is 1.10 bits per heavy atom. The Labute approximate surface area is 167 Å². The topological polar surface area (TPSA) is 62.7 Å². The van der Waals surface area contributed by atoms with Crippen molar-refractivity contribution in [2.24, 2.45) is 5.92 Å². The molecule has 6 heteroatoms. The lowest BCUT2D eigenvalue weighted by Crippen LogP contribution is -2.59. The van der Waals surface area contributed by atoms with Gasteiger partial charge < -0.3 is 18.6 Å². The Morgan fingerprint density at radius 3 is 2.79 bits per heavy atom. The van der Waals surface area contributed by atoms with E-state index in [4.69, 9.17) is 8.83 Å². The number of aromatic nitrogens is 1. The third-order valence-corrected chi connectivity index (χ3v) is 6.50. The average Bonchev–Trinajstić information content (AvgIpc) is 3.43. The fourth-order valence-electron chi connectivity index (χ4n) is 4.98. The number of anilines is 1. The number of carbonyl (C=O) groups excluding carboxylic acids is 1. The molecule has 0 radical (unpaired) electrons. The molecule has 3 fully saturated rings. The average molecular weight is 387 g/mol. The van der Waals surface area contributed by atoms with Crippen LogP contribution >= 0.6 is 0 Å². The number of piperidine rings is 3. The maximum absolute atomic E-state index is 13.9. The molecule has 2 bridgehead atoms. The van der Waals surface area contributed by atoms with Gasteiger partial charge in [-0.25, -0.2) is 4.98 Å². The first-order chi connectivity index (χ1) is 14.3. The molecule has 2 aromatic carbocycles. The van der Waals surface area contributed by atoms with Gasteiger partial charge in [0.25, 0.3) is 5.91 Å². The minimum Gasteiger partial charge on any atom is -0.471 e. The van der Waals surface area contributed by atoms with Crippen molar-refractivity contribution < 1.29 is 13.6 Å². The lowest BCUT2D eigenvalue weighted by Gasteiger charge is -2.49. The van der Waals surface area contributed by atoms with Crippen LogP contribution in [-0.4, -0.2) is 41.5 Å². The molecule has 1 amide bonds. The molecule has 7 rings (SSSR count). The molecule has 0 aliphatic carbocycles. The van der Waals surface area contributed by atoms with E-state index in [0.29, 0.717) is 22.6 Å². The Kier molecular flexibility index (Phi) is 3.74. The molecule has 29 heavy (non-hydrogen) atoms. The van der Waals surface area contributed by atoms with Crippen LogP contribution in [0.1, 0.15) is 23.2 Å². The van der Waals surface area contributed by atoms with E-state index >= 15 is 0 Å². The van der Waals surface area contributed by atoms with Crippen molar-refractivity contribution in [3.05, 3.63) is 60.9 Å². The lowest BCUT2D eigenvalue weighted by atomic mass is 9.82. The van der Waals surface area contributed by atoms with Crippen molar-refractivity contribution >= 4 is 33.5 Å². The van der Waals surface area contributed by atoms with Crippen molar-refractivity contribution in [2.75, 3.05) is 24.5 Å². The molecular formula is C23H21N3O3. The highest BCUT2D eigenvalue weighted by atomic mass is 16.3. The smallest absolute Gasteiger partial charge is 0.260 e. The van der Waals surface area contributed by atoms with Gasteiger partial charge in [-0.1, -0.05) is 6.07 Å². The predicted molar refractivity (Wildman–Crippen MR) is 110 cm³/mol. The standard InChI is InChI=1S/C23H21N3O3/c27-23(19-2-1-3-21-22(19)24-14-29-21)26(20-11-25-8-6-15(20)7-9-25)18-5-4-16-12-28-13-17(16)10-18/h1-5,10,12-15,20H,6-9,11H2. The third kappa shape index (κ3) is 2.67. The molecule has 2 aromatic heterocycles. The Balaban J connectivity index is 1.49. The van der Waals surface area contributed by atoms with Crippen LogP contribution in [0.25, 0.3) is 21.9 Å². The van der Waals surface area contributed by atoms with Gasteiger partial charge in [0.05, 0.1) is 24.1 Å². The maximum Gasteiger partial charge on any atom is 0.260 e. The highest BCUT2D eigenvalue weighted by Gasteiger charge is 2.40. The van der Waals surface area contributed by atoms with Crippen molar-refractivity contribution in [3.63, 3.8) is 0 Å². The largest absolute Gasteiger partial charge is 0.471 e. The van der Waals surface area contributed by atoms with Crippen LogP contribution in [0.15, 0.2) is 64.2 Å². The molecule has 1 unspecified atom stereocenters. The van der Waals surface area contributed by atoms with Crippen molar-refractivity contribution in [2.45, 2.75) is 18.9 Å². The molecule has 0 spiro atoms. The van der Waals surface area contributed by atoms with Gasteiger partial charge in [-0.05, 0) is 62.2 Å². The van der Waals surface area contributed by atoms with Crippen LogP contribution in [0.4, 0.5) is 5.69 Å². The Bertz CT molecular complexity index is 1200. The van der Waals surface area contributed by atoms with Gasteiger partial charge >= 0.3 is 0 Å². The molecule has 5 heterocycles. The second-order valence-electron chi connectivity index (χ2n) is 8.07. The summed E-state index contributed by atoms with van der Waals surface area (Å²) in [5.74, 6) is 0.492.